The molecule has 5 heteroatoms. The number of aromatic nitrogens is 1. The van der Waals surface area contributed by atoms with Gasteiger partial charge in [0.15, 0.2) is 0 Å². The molecule has 3 rings (SSSR count). The minimum atomic E-state index is 0.0381. The fourth-order valence-electron chi connectivity index (χ4n) is 3.08. The highest BCUT2D eigenvalue weighted by Crippen LogP contribution is 2.42. The van der Waals surface area contributed by atoms with E-state index in [1.807, 2.05) is 25.4 Å². The van der Waals surface area contributed by atoms with Crippen LogP contribution in [0.25, 0.3) is 11.1 Å². The number of nitrogens with one attached hydrogen (secondary N) is 1. The molecular formula is C18H22N2O2S. The van der Waals surface area contributed by atoms with Crippen LogP contribution in [0.3, 0.4) is 0 Å². The van der Waals surface area contributed by atoms with Crippen LogP contribution in [0.1, 0.15) is 24.5 Å². The Kier molecular flexibility index (Phi) is 4.39. The van der Waals surface area contributed by atoms with Crippen LogP contribution in [-0.4, -0.2) is 16.9 Å². The molecule has 4 nitrogen and oxygen atoms in total. The molecule has 0 fully saturated rings. The fourth-order valence-corrected chi connectivity index (χ4v) is 3.43. The number of benzene rings is 1. The van der Waals surface area contributed by atoms with Gasteiger partial charge in [0.1, 0.15) is 11.9 Å². The molecule has 1 aromatic carbocycles. The second-order valence-electron chi connectivity index (χ2n) is 6.00. The molecule has 0 aliphatic carbocycles. The summed E-state index contributed by atoms with van der Waals surface area (Å²) in [6.07, 6.45) is 6.06. The molecule has 1 aromatic heterocycles. The maximum atomic E-state index is 12.0. The second-order valence-corrected chi connectivity index (χ2v) is 6.61. The summed E-state index contributed by atoms with van der Waals surface area (Å²) in [4.78, 5) is 12.0. The first kappa shape index (κ1) is 16.0. The van der Waals surface area contributed by atoms with Gasteiger partial charge in [-0.05, 0) is 31.5 Å². The molecule has 0 spiro atoms. The summed E-state index contributed by atoms with van der Waals surface area (Å²) >= 11 is 1.57. The van der Waals surface area contributed by atoms with E-state index in [2.05, 4.69) is 23.8 Å². The van der Waals surface area contributed by atoms with E-state index in [1.165, 1.54) is 5.56 Å². The lowest BCUT2D eigenvalue weighted by Gasteiger charge is -2.14. The quantitative estimate of drug-likeness (QED) is 0.867. The average Bonchev–Trinajstić information content (AvgIpc) is 2.94. The zero-order chi connectivity index (χ0) is 16.6. The highest BCUT2D eigenvalue weighted by Gasteiger charge is 2.26. The number of rotatable bonds is 4. The standard InChI is InChI=1S/C18H22N2O2S/c1-5-15-8-12-7-14(19-23-4)9-16(17(12)22-15)13-6-11(2)18(21)20(3)10-13/h6-7,9-10,15,19H,5,8H2,1-4H3. The molecule has 2 heterocycles. The third kappa shape index (κ3) is 2.98. The first-order valence-electron chi connectivity index (χ1n) is 7.83. The first-order valence-corrected chi connectivity index (χ1v) is 9.06. The first-order chi connectivity index (χ1) is 11.0. The van der Waals surface area contributed by atoms with Crippen LogP contribution >= 0.6 is 11.9 Å². The second kappa shape index (κ2) is 6.32. The Morgan fingerprint density at radius 1 is 1.39 bits per heavy atom. The summed E-state index contributed by atoms with van der Waals surface area (Å²) in [5.74, 6) is 0.960. The van der Waals surface area contributed by atoms with Crippen molar-refractivity contribution in [3.05, 3.63) is 45.9 Å². The third-order valence-electron chi connectivity index (χ3n) is 4.25. The number of ether oxygens (including phenoxy) is 1. The Labute approximate surface area is 141 Å². The van der Waals surface area contributed by atoms with Crippen molar-refractivity contribution in [2.24, 2.45) is 7.05 Å². The summed E-state index contributed by atoms with van der Waals surface area (Å²) in [7, 11) is 1.79. The van der Waals surface area contributed by atoms with Crippen molar-refractivity contribution in [1.82, 2.24) is 4.57 Å². The van der Waals surface area contributed by atoms with Crippen LogP contribution < -0.4 is 15.0 Å². The number of hydrogen-bond acceptors (Lipinski definition) is 4. The summed E-state index contributed by atoms with van der Waals surface area (Å²) in [5.41, 5.74) is 5.15. The number of aryl methyl sites for hydroxylation is 2. The van der Waals surface area contributed by atoms with Crippen molar-refractivity contribution >= 4 is 17.6 Å². The van der Waals surface area contributed by atoms with Crippen LogP contribution in [0.2, 0.25) is 0 Å². The molecule has 1 aliphatic rings. The lowest BCUT2D eigenvalue weighted by molar-refractivity contribution is 0.229. The van der Waals surface area contributed by atoms with Crippen LogP contribution in [0.4, 0.5) is 5.69 Å². The van der Waals surface area contributed by atoms with Gasteiger partial charge in [-0.25, -0.2) is 0 Å². The van der Waals surface area contributed by atoms with Gasteiger partial charge < -0.3 is 14.0 Å². The molecule has 1 N–H and O–H groups in total. The molecule has 2 aromatic rings. The topological polar surface area (TPSA) is 43.3 Å². The number of nitrogens with zero attached hydrogens (tertiary/aromatic N) is 1. The van der Waals surface area contributed by atoms with E-state index in [4.69, 9.17) is 4.74 Å². The maximum Gasteiger partial charge on any atom is 0.253 e. The normalized spacial score (nSPS) is 16.1. The molecule has 1 aliphatic heterocycles. The van der Waals surface area contributed by atoms with E-state index < -0.39 is 0 Å². The van der Waals surface area contributed by atoms with Crippen molar-refractivity contribution in [1.29, 1.82) is 0 Å². The Hall–Kier alpha value is -1.88. The smallest absolute Gasteiger partial charge is 0.253 e. The Morgan fingerprint density at radius 3 is 2.83 bits per heavy atom. The summed E-state index contributed by atoms with van der Waals surface area (Å²) in [6.45, 7) is 4.00. The Morgan fingerprint density at radius 2 is 2.17 bits per heavy atom. The average molecular weight is 330 g/mol. The predicted molar refractivity (Wildman–Crippen MR) is 97.4 cm³/mol. The van der Waals surface area contributed by atoms with Crippen molar-refractivity contribution < 1.29 is 4.74 Å². The van der Waals surface area contributed by atoms with E-state index in [9.17, 15) is 4.79 Å². The molecule has 0 saturated heterocycles. The fraction of sp³-hybridized carbons (Fsp3) is 0.389. The maximum absolute atomic E-state index is 12.0. The zero-order valence-electron chi connectivity index (χ0n) is 14.0. The highest BCUT2D eigenvalue weighted by molar-refractivity contribution is 7.99. The molecule has 0 amide bonds. The van der Waals surface area contributed by atoms with Gasteiger partial charge in [0.2, 0.25) is 0 Å². The SMILES string of the molecule is CCC1Cc2cc(NSC)cc(-c3cc(C)c(=O)n(C)c3)c2O1. The number of fused-ring (bicyclic) bond motifs is 1. The summed E-state index contributed by atoms with van der Waals surface area (Å²) in [6, 6.07) is 6.22. The summed E-state index contributed by atoms with van der Waals surface area (Å²) < 4.78 is 11.1. The molecule has 0 radical (unpaired) electrons. The monoisotopic (exact) mass is 330 g/mol. The lowest BCUT2D eigenvalue weighted by atomic mass is 9.99. The zero-order valence-corrected chi connectivity index (χ0v) is 14.8. The van der Waals surface area contributed by atoms with Gasteiger partial charge in [-0.15, -0.1) is 0 Å². The minimum absolute atomic E-state index is 0.0381. The Bertz CT molecular complexity index is 772. The van der Waals surface area contributed by atoms with Gasteiger partial charge in [0, 0.05) is 53.9 Å². The van der Waals surface area contributed by atoms with Crippen molar-refractivity contribution in [2.45, 2.75) is 32.8 Å². The van der Waals surface area contributed by atoms with Gasteiger partial charge in [-0.1, -0.05) is 18.9 Å². The van der Waals surface area contributed by atoms with Crippen LogP contribution in [0, 0.1) is 6.92 Å². The molecule has 1 unspecified atom stereocenters. The molecule has 1 atom stereocenters. The van der Waals surface area contributed by atoms with Gasteiger partial charge in [0.25, 0.3) is 5.56 Å². The highest BCUT2D eigenvalue weighted by atomic mass is 32.2. The molecular weight excluding hydrogens is 308 g/mol. The van der Waals surface area contributed by atoms with E-state index in [1.54, 1.807) is 23.6 Å². The molecule has 122 valence electrons. The van der Waals surface area contributed by atoms with Crippen molar-refractivity contribution in [2.75, 3.05) is 11.0 Å². The number of anilines is 1. The van der Waals surface area contributed by atoms with Crippen molar-refractivity contribution in [3.63, 3.8) is 0 Å². The van der Waals surface area contributed by atoms with E-state index in [0.717, 1.165) is 41.0 Å². The van der Waals surface area contributed by atoms with E-state index >= 15 is 0 Å². The van der Waals surface area contributed by atoms with Crippen LogP contribution in [0.5, 0.6) is 5.75 Å². The minimum Gasteiger partial charge on any atom is -0.489 e. The largest absolute Gasteiger partial charge is 0.489 e. The van der Waals surface area contributed by atoms with Gasteiger partial charge >= 0.3 is 0 Å². The molecule has 0 saturated carbocycles. The number of pyridine rings is 1. The van der Waals surface area contributed by atoms with Crippen molar-refractivity contribution in [3.8, 4) is 16.9 Å². The predicted octanol–water partition coefficient (Wildman–Crippen LogP) is 3.76. The van der Waals surface area contributed by atoms with Crippen LogP contribution in [0.15, 0.2) is 29.2 Å². The third-order valence-corrected chi connectivity index (χ3v) is 4.69. The van der Waals surface area contributed by atoms with Gasteiger partial charge in [-0.2, -0.15) is 0 Å². The van der Waals surface area contributed by atoms with E-state index in [0.29, 0.717) is 0 Å². The Balaban J connectivity index is 2.17. The lowest BCUT2D eigenvalue weighted by Crippen LogP contribution is -2.18. The molecule has 0 bridgehead atoms. The van der Waals surface area contributed by atoms with E-state index in [-0.39, 0.29) is 11.7 Å². The number of hydrogen-bond donors (Lipinski definition) is 1. The van der Waals surface area contributed by atoms with Gasteiger partial charge in [-0.3, -0.25) is 4.79 Å². The van der Waals surface area contributed by atoms with Crippen LogP contribution in [-0.2, 0) is 13.5 Å². The van der Waals surface area contributed by atoms with Gasteiger partial charge in [0.05, 0.1) is 0 Å². The summed E-state index contributed by atoms with van der Waals surface area (Å²) in [5, 5.41) is 0. The molecule has 23 heavy (non-hydrogen) atoms.